The second kappa shape index (κ2) is 7.22. The van der Waals surface area contributed by atoms with E-state index in [1.165, 1.54) is 25.7 Å². The van der Waals surface area contributed by atoms with Crippen LogP contribution in [0.4, 0.5) is 0 Å². The van der Waals surface area contributed by atoms with Crippen LogP contribution in [-0.2, 0) is 6.42 Å². The zero-order valence-electron chi connectivity index (χ0n) is 12.0. The van der Waals surface area contributed by atoms with Crippen molar-refractivity contribution in [1.82, 2.24) is 10.6 Å². The first-order valence-corrected chi connectivity index (χ1v) is 7.27. The summed E-state index contributed by atoms with van der Waals surface area (Å²) < 4.78 is 5.31. The molecule has 1 saturated carbocycles. The Balaban J connectivity index is 1.71. The summed E-state index contributed by atoms with van der Waals surface area (Å²) in [4.78, 5) is 4.29. The van der Waals surface area contributed by atoms with E-state index in [1.807, 2.05) is 19.2 Å². The lowest BCUT2D eigenvalue weighted by atomic mass is 9.87. The fourth-order valence-electron chi connectivity index (χ4n) is 2.71. The molecule has 1 fully saturated rings. The molecule has 19 heavy (non-hydrogen) atoms. The molecule has 0 aliphatic heterocycles. The predicted molar refractivity (Wildman–Crippen MR) is 78.3 cm³/mol. The van der Waals surface area contributed by atoms with Crippen LogP contribution in [0.15, 0.2) is 27.8 Å². The molecule has 1 aromatic rings. The summed E-state index contributed by atoms with van der Waals surface area (Å²) in [6.45, 7) is 3.18. The maximum absolute atomic E-state index is 5.31. The third-order valence-electron chi connectivity index (χ3n) is 3.74. The van der Waals surface area contributed by atoms with Gasteiger partial charge in [-0.15, -0.1) is 0 Å². The van der Waals surface area contributed by atoms with Gasteiger partial charge in [-0.05, 0) is 30.9 Å². The number of nitrogens with one attached hydrogen (secondary N) is 2. The predicted octanol–water partition coefficient (Wildman–Crippen LogP) is 2.57. The molecule has 0 amide bonds. The lowest BCUT2D eigenvalue weighted by molar-refractivity contribution is 0.324. The fourth-order valence-corrected chi connectivity index (χ4v) is 2.71. The number of hydrogen-bond acceptors (Lipinski definition) is 2. The van der Waals surface area contributed by atoms with E-state index in [-0.39, 0.29) is 0 Å². The number of aliphatic imine (C=N–C) groups is 1. The number of furan rings is 1. The zero-order valence-corrected chi connectivity index (χ0v) is 12.0. The smallest absolute Gasteiger partial charge is 0.191 e. The Hall–Kier alpha value is -1.45. The molecular weight excluding hydrogens is 238 g/mol. The van der Waals surface area contributed by atoms with Gasteiger partial charge in [0.2, 0.25) is 0 Å². The van der Waals surface area contributed by atoms with Gasteiger partial charge in [-0.3, -0.25) is 4.99 Å². The molecule has 1 aromatic heterocycles. The normalized spacial score (nSPS) is 24.2. The molecule has 0 spiro atoms. The Bertz CT molecular complexity index is 386. The second-order valence-corrected chi connectivity index (χ2v) is 5.44. The van der Waals surface area contributed by atoms with Crippen molar-refractivity contribution in [2.75, 3.05) is 13.6 Å². The van der Waals surface area contributed by atoms with Crippen LogP contribution < -0.4 is 10.6 Å². The van der Waals surface area contributed by atoms with Gasteiger partial charge in [-0.1, -0.05) is 19.8 Å². The van der Waals surface area contributed by atoms with Crippen molar-refractivity contribution >= 4 is 5.96 Å². The lowest BCUT2D eigenvalue weighted by Gasteiger charge is -2.28. The van der Waals surface area contributed by atoms with Gasteiger partial charge in [0, 0.05) is 26.1 Å². The molecule has 2 rings (SSSR count). The van der Waals surface area contributed by atoms with Crippen molar-refractivity contribution in [1.29, 1.82) is 0 Å². The summed E-state index contributed by atoms with van der Waals surface area (Å²) in [6.07, 6.45) is 7.79. The van der Waals surface area contributed by atoms with Crippen molar-refractivity contribution in [3.05, 3.63) is 24.2 Å². The van der Waals surface area contributed by atoms with Gasteiger partial charge in [-0.2, -0.15) is 0 Å². The number of hydrogen-bond donors (Lipinski definition) is 2. The number of guanidine groups is 1. The van der Waals surface area contributed by atoms with Crippen LogP contribution in [0, 0.1) is 5.92 Å². The maximum atomic E-state index is 5.31. The van der Waals surface area contributed by atoms with Gasteiger partial charge in [0.15, 0.2) is 5.96 Å². The van der Waals surface area contributed by atoms with Gasteiger partial charge in [0.25, 0.3) is 0 Å². The lowest BCUT2D eigenvalue weighted by Crippen LogP contribution is -2.45. The molecule has 4 heteroatoms. The summed E-state index contributed by atoms with van der Waals surface area (Å²) in [5.41, 5.74) is 0. The molecule has 0 radical (unpaired) electrons. The van der Waals surface area contributed by atoms with Gasteiger partial charge < -0.3 is 15.1 Å². The van der Waals surface area contributed by atoms with Crippen molar-refractivity contribution in [3.8, 4) is 0 Å². The van der Waals surface area contributed by atoms with Gasteiger partial charge in [0.05, 0.1) is 6.26 Å². The first-order valence-electron chi connectivity index (χ1n) is 7.27. The monoisotopic (exact) mass is 263 g/mol. The maximum Gasteiger partial charge on any atom is 0.191 e. The molecule has 0 bridgehead atoms. The molecule has 2 unspecified atom stereocenters. The molecule has 0 aromatic carbocycles. The molecule has 0 saturated heterocycles. The Labute approximate surface area is 115 Å². The number of nitrogens with zero attached hydrogens (tertiary/aromatic N) is 1. The van der Waals surface area contributed by atoms with Crippen molar-refractivity contribution < 1.29 is 4.42 Å². The molecule has 1 aliphatic carbocycles. The standard InChI is InChI=1S/C15H25N3O/c1-12-5-3-6-13(11-12)18-15(16-2)17-9-8-14-7-4-10-19-14/h4,7,10,12-13H,3,5-6,8-9,11H2,1-2H3,(H2,16,17,18). The summed E-state index contributed by atoms with van der Waals surface area (Å²) in [7, 11) is 1.83. The van der Waals surface area contributed by atoms with Gasteiger partial charge >= 0.3 is 0 Å². The second-order valence-electron chi connectivity index (χ2n) is 5.44. The van der Waals surface area contributed by atoms with E-state index in [1.54, 1.807) is 6.26 Å². The highest BCUT2D eigenvalue weighted by Gasteiger charge is 2.19. The van der Waals surface area contributed by atoms with E-state index in [0.717, 1.165) is 30.6 Å². The van der Waals surface area contributed by atoms with E-state index in [9.17, 15) is 0 Å². The first kappa shape index (κ1) is 14.0. The van der Waals surface area contributed by atoms with Crippen LogP contribution >= 0.6 is 0 Å². The Kier molecular flexibility index (Phi) is 5.31. The van der Waals surface area contributed by atoms with Crippen LogP contribution in [-0.4, -0.2) is 25.6 Å². The third-order valence-corrected chi connectivity index (χ3v) is 3.74. The number of rotatable bonds is 4. The highest BCUT2D eigenvalue weighted by atomic mass is 16.3. The average Bonchev–Trinajstić information content (AvgIpc) is 2.91. The highest BCUT2D eigenvalue weighted by Crippen LogP contribution is 2.23. The zero-order chi connectivity index (χ0) is 13.5. The first-order chi connectivity index (χ1) is 9.28. The van der Waals surface area contributed by atoms with E-state index >= 15 is 0 Å². The molecule has 1 heterocycles. The van der Waals surface area contributed by atoms with E-state index in [4.69, 9.17) is 4.42 Å². The Morgan fingerprint density at radius 3 is 3.05 bits per heavy atom. The Morgan fingerprint density at radius 2 is 2.37 bits per heavy atom. The topological polar surface area (TPSA) is 49.6 Å². The summed E-state index contributed by atoms with van der Waals surface area (Å²) >= 11 is 0. The quantitative estimate of drug-likeness (QED) is 0.648. The average molecular weight is 263 g/mol. The summed E-state index contributed by atoms with van der Waals surface area (Å²) in [6, 6.07) is 4.49. The van der Waals surface area contributed by atoms with Crippen LogP contribution in [0.25, 0.3) is 0 Å². The van der Waals surface area contributed by atoms with Crippen LogP contribution in [0.1, 0.15) is 38.4 Å². The molecule has 2 atom stereocenters. The van der Waals surface area contributed by atoms with E-state index < -0.39 is 0 Å². The minimum absolute atomic E-state index is 0.568. The summed E-state index contributed by atoms with van der Waals surface area (Å²) in [5.74, 6) is 2.74. The Morgan fingerprint density at radius 1 is 1.47 bits per heavy atom. The molecule has 4 nitrogen and oxygen atoms in total. The third kappa shape index (κ3) is 4.62. The van der Waals surface area contributed by atoms with E-state index in [0.29, 0.717) is 6.04 Å². The van der Waals surface area contributed by atoms with Crippen molar-refractivity contribution in [3.63, 3.8) is 0 Å². The molecule has 2 N–H and O–H groups in total. The van der Waals surface area contributed by atoms with Crippen LogP contribution in [0.5, 0.6) is 0 Å². The molecule has 1 aliphatic rings. The highest BCUT2D eigenvalue weighted by molar-refractivity contribution is 5.79. The molecular formula is C15H25N3O. The fraction of sp³-hybridized carbons (Fsp3) is 0.667. The molecule has 106 valence electrons. The minimum Gasteiger partial charge on any atom is -0.469 e. The van der Waals surface area contributed by atoms with Crippen molar-refractivity contribution in [2.24, 2.45) is 10.9 Å². The van der Waals surface area contributed by atoms with Crippen LogP contribution in [0.2, 0.25) is 0 Å². The van der Waals surface area contributed by atoms with Gasteiger partial charge in [0.1, 0.15) is 5.76 Å². The van der Waals surface area contributed by atoms with Gasteiger partial charge in [-0.25, -0.2) is 0 Å². The summed E-state index contributed by atoms with van der Waals surface area (Å²) in [5, 5.41) is 6.87. The van der Waals surface area contributed by atoms with Crippen molar-refractivity contribution in [2.45, 2.75) is 45.1 Å². The minimum atomic E-state index is 0.568. The largest absolute Gasteiger partial charge is 0.469 e. The van der Waals surface area contributed by atoms with Crippen LogP contribution in [0.3, 0.4) is 0 Å². The van der Waals surface area contributed by atoms with E-state index in [2.05, 4.69) is 22.5 Å². The SMILES string of the molecule is CN=C(NCCc1ccco1)NC1CCCC(C)C1.